The predicted molar refractivity (Wildman–Crippen MR) is 466 cm³/mol. The van der Waals surface area contributed by atoms with Crippen LogP contribution >= 0.6 is 0 Å². The van der Waals surface area contributed by atoms with Crippen LogP contribution in [0.15, 0.2) is 0 Å². The second-order valence-electron chi connectivity index (χ2n) is 36.4. The first-order chi connectivity index (χ1) is 51.1. The summed E-state index contributed by atoms with van der Waals surface area (Å²) < 4.78 is 5.61. The summed E-state index contributed by atoms with van der Waals surface area (Å²) in [6.45, 7) is 67.6. The number of hydrogen-bond donors (Lipinski definition) is 0. The lowest BCUT2D eigenvalue weighted by atomic mass is 9.86. The fraction of sp³-hybridized carbons (Fsp3) is 0.937. The summed E-state index contributed by atoms with van der Waals surface area (Å²) in [5, 5.41) is 0. The van der Waals surface area contributed by atoms with Crippen LogP contribution in [0.5, 0.6) is 0 Å². The number of rotatable bonds is 45. The Hall–Kier alpha value is -2.26. The van der Waals surface area contributed by atoms with Crippen molar-refractivity contribution in [3.63, 3.8) is 0 Å². The minimum absolute atomic E-state index is 0. The van der Waals surface area contributed by atoms with Gasteiger partial charge in [-0.05, 0) is 324 Å². The smallest absolute Gasteiger partial charge is 0.135 e. The van der Waals surface area contributed by atoms with E-state index in [9.17, 15) is 28.8 Å². The summed E-state index contributed by atoms with van der Waals surface area (Å²) in [4.78, 5) is 83.9. The summed E-state index contributed by atoms with van der Waals surface area (Å²) in [6, 6.07) is 0. The van der Waals surface area contributed by atoms with Gasteiger partial charge in [0, 0.05) is 89.2 Å². The highest BCUT2D eigenvalue weighted by Crippen LogP contribution is 2.30. The zero-order valence-electron chi connectivity index (χ0n) is 74.8. The molecule has 6 aliphatic heterocycles. The van der Waals surface area contributed by atoms with Crippen molar-refractivity contribution in [2.45, 2.75) is 364 Å². The predicted octanol–water partition coefficient (Wildman–Crippen LogP) is 22.2. The Balaban J connectivity index is 0.00000127. The van der Waals surface area contributed by atoms with E-state index in [1.165, 1.54) is 169 Å². The van der Waals surface area contributed by atoms with Crippen molar-refractivity contribution < 1.29 is 33.5 Å². The molecule has 0 aromatic carbocycles. The fourth-order valence-corrected chi connectivity index (χ4v) is 17.0. The molecule has 0 radical (unpaired) electrons. The Morgan fingerprint density at radius 1 is 0.269 bits per heavy atom. The van der Waals surface area contributed by atoms with Crippen LogP contribution in [-0.4, -0.2) is 195 Å². The third kappa shape index (κ3) is 52.3. The molecule has 6 rings (SSSR count). The normalized spacial score (nSPS) is 18.9. The van der Waals surface area contributed by atoms with Crippen LogP contribution in [0.3, 0.4) is 0 Å². The van der Waals surface area contributed by atoms with Gasteiger partial charge in [0.2, 0.25) is 0 Å². The van der Waals surface area contributed by atoms with Crippen molar-refractivity contribution in [2.24, 2.45) is 82.9 Å². The first kappa shape index (κ1) is 106. The molecule has 0 amide bonds. The summed E-state index contributed by atoms with van der Waals surface area (Å²) in [5.74, 6) is 13.7. The number of ketones is 6. The van der Waals surface area contributed by atoms with E-state index in [4.69, 9.17) is 4.74 Å². The molecule has 0 unspecified atom stereocenters. The second kappa shape index (κ2) is 65.9. The van der Waals surface area contributed by atoms with Crippen LogP contribution in [-0.2, 0) is 33.5 Å². The maximum absolute atomic E-state index is 11.9. The van der Waals surface area contributed by atoms with Gasteiger partial charge >= 0.3 is 0 Å². The minimum atomic E-state index is 0. The van der Waals surface area contributed by atoms with Gasteiger partial charge in [-0.15, -0.1) is 0 Å². The van der Waals surface area contributed by atoms with Crippen LogP contribution in [0.1, 0.15) is 364 Å². The molecule has 638 valence electrons. The van der Waals surface area contributed by atoms with E-state index in [2.05, 4.69) is 147 Å². The van der Waals surface area contributed by atoms with Crippen molar-refractivity contribution in [3.05, 3.63) is 0 Å². The molecule has 6 heterocycles. The Kier molecular flexibility index (Phi) is 64.6. The van der Waals surface area contributed by atoms with Crippen molar-refractivity contribution in [3.8, 4) is 0 Å². The zero-order valence-corrected chi connectivity index (χ0v) is 74.8. The standard InChI is InChI=1S/2C17H33NO.C16H31NO2.2C15H29NO.C14H27NO.CH4/c2*1-5-7-15(4)17(19)8-6-11-18-12-9-16(10-13-18)14(2)3;1-4-16(18)6-5-12-19-13-11-17-9-7-15(8-10-17)14(2)3;1-4-15(17)7-5-6-10-16-11-8-14(9-12-16)13(2)3;1-4-6-15(17)7-5-10-16-11-8-14(9-12-16)13(2)3;1-4-14(16)6-5-9-15-10-7-13(8-11-15)12(2)3;/h2*14-16H,5-13H2,1-4H3;14-15H,4-13H2,1-3H3;2*13-14H,4-12H2,1-3H3;12-13H,4-11H2,1-3H3;1H4/t2*15-;;;;;/m10...../s1. The van der Waals surface area contributed by atoms with E-state index < -0.39 is 0 Å². The first-order valence-electron chi connectivity index (χ1n) is 46.1. The largest absolute Gasteiger partial charge is 0.380 e. The quantitative estimate of drug-likeness (QED) is 0.0537. The number of unbranched alkanes of at least 4 members (excludes halogenated alkanes) is 1. The van der Waals surface area contributed by atoms with Gasteiger partial charge in [0.25, 0.3) is 0 Å². The first-order valence-corrected chi connectivity index (χ1v) is 46.1. The summed E-state index contributed by atoms with van der Waals surface area (Å²) >= 11 is 0. The molecule has 13 heteroatoms. The van der Waals surface area contributed by atoms with Gasteiger partial charge in [-0.1, -0.05) is 159 Å². The van der Waals surface area contributed by atoms with E-state index >= 15 is 0 Å². The molecule has 6 aliphatic rings. The second-order valence-corrected chi connectivity index (χ2v) is 36.4. The zero-order chi connectivity index (χ0) is 79.9. The van der Waals surface area contributed by atoms with Gasteiger partial charge in [0.05, 0.1) is 6.61 Å². The van der Waals surface area contributed by atoms with Gasteiger partial charge in [-0.2, -0.15) is 0 Å². The van der Waals surface area contributed by atoms with E-state index in [0.717, 1.165) is 226 Å². The Bertz CT molecular complexity index is 2120. The highest BCUT2D eigenvalue weighted by Gasteiger charge is 2.27. The van der Waals surface area contributed by atoms with Crippen LogP contribution < -0.4 is 0 Å². The molecule has 2 atom stereocenters. The summed E-state index contributed by atoms with van der Waals surface area (Å²) in [5.41, 5.74) is 0. The van der Waals surface area contributed by atoms with Crippen molar-refractivity contribution >= 4 is 34.7 Å². The molecule has 0 N–H and O–H groups in total. The maximum Gasteiger partial charge on any atom is 0.135 e. The number of carbonyl (C=O) groups excluding carboxylic acids is 6. The summed E-state index contributed by atoms with van der Waals surface area (Å²) in [7, 11) is 0. The molecule has 0 aliphatic carbocycles. The topological polar surface area (TPSA) is 131 Å². The molecule has 6 saturated heterocycles. The number of Topliss-reactive ketones (excluding diaryl/α,β-unsaturated/α-hetero) is 6. The van der Waals surface area contributed by atoms with Crippen LogP contribution in [0, 0.1) is 82.9 Å². The SMILES string of the molecule is C.CCC(=O)CCCCN1CCC(C(C)C)CC1.CCC(=O)CCCN1CCC(C(C)C)CC1.CCC(=O)CCCOCCN1CCC(C(C)C)CC1.CCCC(=O)CCCN1CCC(C(C)C)CC1.CCC[C@@H](C)C(=O)CCCN1CCC(C(C)C)CC1.CCC[C@H](C)C(=O)CCCN1CCC(C(C)C)CC1. The monoisotopic (exact) mass is 1520 g/mol. The minimum Gasteiger partial charge on any atom is -0.380 e. The molecule has 0 spiro atoms. The lowest BCUT2D eigenvalue weighted by molar-refractivity contribution is -0.123. The number of carbonyl (C=O) groups is 6. The Morgan fingerprint density at radius 2 is 0.500 bits per heavy atom. The maximum atomic E-state index is 11.9. The highest BCUT2D eigenvalue weighted by molar-refractivity contribution is 5.81. The number of hydrogen-bond acceptors (Lipinski definition) is 13. The van der Waals surface area contributed by atoms with E-state index in [-0.39, 0.29) is 19.3 Å². The molecule has 13 nitrogen and oxygen atoms in total. The summed E-state index contributed by atoms with van der Waals surface area (Å²) in [6.07, 6.45) is 36.3. The van der Waals surface area contributed by atoms with Crippen LogP contribution in [0.2, 0.25) is 0 Å². The Labute approximate surface area is 672 Å². The third-order valence-corrected chi connectivity index (χ3v) is 25.8. The molecule has 0 aromatic rings. The van der Waals surface area contributed by atoms with E-state index in [1.807, 2.05) is 20.8 Å². The number of nitrogens with zero attached hydrogens (tertiary/aromatic N) is 6. The van der Waals surface area contributed by atoms with Gasteiger partial charge < -0.3 is 34.1 Å². The van der Waals surface area contributed by atoms with Crippen molar-refractivity contribution in [1.29, 1.82) is 0 Å². The molecule has 108 heavy (non-hydrogen) atoms. The molecular weight excluding hydrogens is 1340 g/mol. The van der Waals surface area contributed by atoms with Crippen LogP contribution in [0.4, 0.5) is 0 Å². The number of likely N-dealkylation sites (tertiary alicyclic amines) is 6. The lowest BCUT2D eigenvalue weighted by Gasteiger charge is -2.33. The average molecular weight is 1520 g/mol. The molecule has 0 bridgehead atoms. The number of piperidine rings is 6. The van der Waals surface area contributed by atoms with Crippen molar-refractivity contribution in [1.82, 2.24) is 29.4 Å². The molecular formula is C95H186N6O7. The molecule has 0 aromatic heterocycles. The average Bonchev–Trinajstić information content (AvgIpc) is 0.932. The lowest BCUT2D eigenvalue weighted by Crippen LogP contribution is -2.37. The van der Waals surface area contributed by atoms with E-state index in [0.29, 0.717) is 60.4 Å². The number of ether oxygens (including phenoxy) is 1. The Morgan fingerprint density at radius 3 is 0.750 bits per heavy atom. The van der Waals surface area contributed by atoms with Gasteiger partial charge in [-0.3, -0.25) is 28.8 Å². The van der Waals surface area contributed by atoms with Crippen LogP contribution in [0.25, 0.3) is 0 Å². The molecule has 6 fully saturated rings. The third-order valence-electron chi connectivity index (χ3n) is 25.8. The van der Waals surface area contributed by atoms with E-state index in [1.54, 1.807) is 0 Å². The van der Waals surface area contributed by atoms with Crippen molar-refractivity contribution in [2.75, 3.05) is 131 Å². The van der Waals surface area contributed by atoms with Gasteiger partial charge in [-0.25, -0.2) is 0 Å². The van der Waals surface area contributed by atoms with Gasteiger partial charge in [0.15, 0.2) is 0 Å². The molecule has 0 saturated carbocycles. The highest BCUT2D eigenvalue weighted by atomic mass is 16.5. The fourth-order valence-electron chi connectivity index (χ4n) is 17.0. The van der Waals surface area contributed by atoms with Gasteiger partial charge in [0.1, 0.15) is 34.7 Å².